The first-order valence-corrected chi connectivity index (χ1v) is 12.1. The smallest absolute Gasteiger partial charge is 0.184 e. The minimum Gasteiger partial charge on any atom is -0.363 e. The minimum atomic E-state index is -0.295. The number of fused-ring (bicyclic) bond motifs is 3. The Morgan fingerprint density at radius 2 is 1.69 bits per heavy atom. The van der Waals surface area contributed by atoms with Gasteiger partial charge in [0.2, 0.25) is 0 Å². The Balaban J connectivity index is 1.38. The van der Waals surface area contributed by atoms with Gasteiger partial charge in [0.25, 0.3) is 0 Å². The van der Waals surface area contributed by atoms with Crippen molar-refractivity contribution >= 4 is 22.9 Å². The van der Waals surface area contributed by atoms with E-state index in [2.05, 4.69) is 62.6 Å². The van der Waals surface area contributed by atoms with E-state index in [0.717, 1.165) is 56.9 Å². The van der Waals surface area contributed by atoms with Gasteiger partial charge in [0.1, 0.15) is 6.04 Å². The van der Waals surface area contributed by atoms with Crippen molar-refractivity contribution in [2.75, 3.05) is 26.8 Å². The zero-order valence-electron chi connectivity index (χ0n) is 19.8. The molecular weight excluding hydrogens is 452 g/mol. The second-order valence-corrected chi connectivity index (χ2v) is 9.17. The molecule has 8 nitrogen and oxygen atoms in total. The third-order valence-electron chi connectivity index (χ3n) is 6.76. The van der Waals surface area contributed by atoms with Crippen LogP contribution in [0.4, 0.5) is 0 Å². The summed E-state index contributed by atoms with van der Waals surface area (Å²) in [6.07, 6.45) is 3.55. The lowest BCUT2D eigenvalue weighted by Gasteiger charge is -2.14. The summed E-state index contributed by atoms with van der Waals surface area (Å²) >= 11 is 0. The van der Waals surface area contributed by atoms with Crippen molar-refractivity contribution < 1.29 is 9.47 Å². The molecule has 3 aromatic heterocycles. The minimum absolute atomic E-state index is 0.0328. The van der Waals surface area contributed by atoms with Crippen LogP contribution in [0.1, 0.15) is 23.7 Å². The summed E-state index contributed by atoms with van der Waals surface area (Å²) in [4.78, 5) is 11.8. The molecule has 0 bridgehead atoms. The number of aromatic nitrogens is 4. The van der Waals surface area contributed by atoms with E-state index in [4.69, 9.17) is 14.5 Å². The van der Waals surface area contributed by atoms with Crippen LogP contribution in [0.25, 0.3) is 38.9 Å². The maximum Gasteiger partial charge on any atom is 0.184 e. The number of ether oxygens (including phenoxy) is 2. The highest BCUT2D eigenvalue weighted by atomic mass is 16.7. The molecule has 0 radical (unpaired) electrons. The number of rotatable bonds is 4. The van der Waals surface area contributed by atoms with Crippen LogP contribution in [0.15, 0.2) is 77.9 Å². The van der Waals surface area contributed by atoms with Gasteiger partial charge in [0.15, 0.2) is 17.8 Å². The topological polar surface area (TPSA) is 77.1 Å². The third kappa shape index (κ3) is 3.54. The van der Waals surface area contributed by atoms with Crippen LogP contribution in [-0.2, 0) is 9.47 Å². The fourth-order valence-corrected chi connectivity index (χ4v) is 4.96. The largest absolute Gasteiger partial charge is 0.363 e. The first kappa shape index (κ1) is 21.2. The molecule has 1 atom stereocenters. The van der Waals surface area contributed by atoms with E-state index in [1.165, 1.54) is 0 Å². The summed E-state index contributed by atoms with van der Waals surface area (Å²) in [7, 11) is 2.01. The Hall–Kier alpha value is -4.14. The molecule has 0 saturated carbocycles. The molecule has 0 N–H and O–H groups in total. The second-order valence-electron chi connectivity index (χ2n) is 9.17. The van der Waals surface area contributed by atoms with Crippen molar-refractivity contribution in [3.8, 4) is 22.4 Å². The number of pyridine rings is 2. The highest BCUT2D eigenvalue weighted by Gasteiger charge is 2.24. The first-order valence-electron chi connectivity index (χ1n) is 12.1. The molecule has 0 spiro atoms. The molecule has 1 saturated heterocycles. The Morgan fingerprint density at radius 3 is 2.44 bits per heavy atom. The fourth-order valence-electron chi connectivity index (χ4n) is 4.96. The van der Waals surface area contributed by atoms with Gasteiger partial charge in [-0.3, -0.25) is 9.39 Å². The normalized spacial score (nSPS) is 18.1. The summed E-state index contributed by atoms with van der Waals surface area (Å²) in [5, 5.41) is 10.0. The maximum absolute atomic E-state index is 5.66. The predicted octanol–water partition coefficient (Wildman–Crippen LogP) is 4.67. The van der Waals surface area contributed by atoms with E-state index in [-0.39, 0.29) is 12.3 Å². The van der Waals surface area contributed by atoms with Crippen molar-refractivity contribution in [2.24, 2.45) is 4.99 Å². The van der Waals surface area contributed by atoms with Gasteiger partial charge in [0, 0.05) is 41.9 Å². The summed E-state index contributed by atoms with van der Waals surface area (Å²) < 4.78 is 13.4. The summed E-state index contributed by atoms with van der Waals surface area (Å²) in [5.41, 5.74) is 6.75. The Bertz CT molecular complexity index is 1590. The maximum atomic E-state index is 5.66. The standard InChI is InChI=1S/C28H24N6O2/c1-33-16-24(29-17-33)27-32-31-26-22-15-21(18-5-3-2-4-6-18)25(30-23(22)11-12-34(26)27)19-7-9-20(10-8-19)28-35-13-14-36-28/h2-12,15,17,24,28H,13-14,16H2,1H3. The number of aliphatic imine (C=N–C) groups is 1. The van der Waals surface area contributed by atoms with E-state index in [1.807, 2.05) is 48.2 Å². The summed E-state index contributed by atoms with van der Waals surface area (Å²) in [6.45, 7) is 2.04. The SMILES string of the molecule is CN1C=NC(c2nnc3c4cc(-c5ccccc5)c(-c5ccc(C6OCCO6)cc5)nc4ccn23)C1. The number of benzene rings is 2. The van der Waals surface area contributed by atoms with Gasteiger partial charge in [-0.1, -0.05) is 54.6 Å². The summed E-state index contributed by atoms with van der Waals surface area (Å²) in [5.74, 6) is 0.838. The van der Waals surface area contributed by atoms with Crippen LogP contribution >= 0.6 is 0 Å². The molecule has 7 rings (SSSR count). The van der Waals surface area contributed by atoms with Crippen molar-refractivity contribution in [2.45, 2.75) is 12.3 Å². The van der Waals surface area contributed by atoms with Crippen LogP contribution in [0.5, 0.6) is 0 Å². The number of nitrogens with zero attached hydrogens (tertiary/aromatic N) is 6. The second kappa shape index (κ2) is 8.51. The van der Waals surface area contributed by atoms with Crippen molar-refractivity contribution in [3.63, 3.8) is 0 Å². The van der Waals surface area contributed by atoms with Gasteiger partial charge in [-0.2, -0.15) is 0 Å². The van der Waals surface area contributed by atoms with Gasteiger partial charge in [-0.25, -0.2) is 4.98 Å². The van der Waals surface area contributed by atoms with Gasteiger partial charge in [-0.15, -0.1) is 10.2 Å². The zero-order valence-corrected chi connectivity index (χ0v) is 19.8. The van der Waals surface area contributed by atoms with E-state index in [0.29, 0.717) is 13.2 Å². The number of likely N-dealkylation sites (N-methyl/N-ethyl adjacent to an activating group) is 1. The number of hydrogen-bond acceptors (Lipinski definition) is 7. The van der Waals surface area contributed by atoms with E-state index < -0.39 is 0 Å². The highest BCUT2D eigenvalue weighted by Crippen LogP contribution is 2.36. The average Bonchev–Trinajstić information content (AvgIpc) is 3.69. The molecule has 36 heavy (non-hydrogen) atoms. The van der Waals surface area contributed by atoms with Gasteiger partial charge in [0.05, 0.1) is 30.8 Å². The lowest BCUT2D eigenvalue weighted by molar-refractivity contribution is -0.0441. The van der Waals surface area contributed by atoms with Gasteiger partial charge in [-0.05, 0) is 17.7 Å². The molecule has 2 aliphatic rings. The van der Waals surface area contributed by atoms with Crippen LogP contribution in [0.3, 0.4) is 0 Å². The molecule has 2 aliphatic heterocycles. The first-order chi connectivity index (χ1) is 17.7. The van der Waals surface area contributed by atoms with Crippen molar-refractivity contribution in [3.05, 3.63) is 84.3 Å². The Labute approximate surface area is 207 Å². The van der Waals surface area contributed by atoms with E-state index >= 15 is 0 Å². The van der Waals surface area contributed by atoms with E-state index in [1.54, 1.807) is 0 Å². The molecule has 2 aromatic carbocycles. The Kier molecular flexibility index (Phi) is 5.00. The van der Waals surface area contributed by atoms with Gasteiger partial charge < -0.3 is 14.4 Å². The Morgan fingerprint density at radius 1 is 0.889 bits per heavy atom. The third-order valence-corrected chi connectivity index (χ3v) is 6.76. The average molecular weight is 477 g/mol. The molecular formula is C28H24N6O2. The molecule has 1 unspecified atom stereocenters. The van der Waals surface area contributed by atoms with Crippen LogP contribution in [0, 0.1) is 0 Å². The van der Waals surface area contributed by atoms with Gasteiger partial charge >= 0.3 is 0 Å². The van der Waals surface area contributed by atoms with Crippen LogP contribution in [0.2, 0.25) is 0 Å². The lowest BCUT2D eigenvalue weighted by Crippen LogP contribution is -2.15. The number of hydrogen-bond donors (Lipinski definition) is 0. The quantitative estimate of drug-likeness (QED) is 0.375. The van der Waals surface area contributed by atoms with E-state index in [9.17, 15) is 0 Å². The van der Waals surface area contributed by atoms with Crippen molar-refractivity contribution in [1.82, 2.24) is 24.5 Å². The predicted molar refractivity (Wildman–Crippen MR) is 138 cm³/mol. The lowest BCUT2D eigenvalue weighted by atomic mass is 9.97. The fraction of sp³-hybridized carbons (Fsp3) is 0.214. The molecule has 5 heterocycles. The molecule has 5 aromatic rings. The zero-order chi connectivity index (χ0) is 24.1. The van der Waals surface area contributed by atoms with Crippen LogP contribution < -0.4 is 0 Å². The molecule has 178 valence electrons. The molecule has 0 aliphatic carbocycles. The van der Waals surface area contributed by atoms with Crippen molar-refractivity contribution in [1.29, 1.82) is 0 Å². The van der Waals surface area contributed by atoms with Crippen LogP contribution in [-0.4, -0.2) is 57.6 Å². The molecule has 0 amide bonds. The molecule has 8 heteroatoms. The monoisotopic (exact) mass is 476 g/mol. The molecule has 1 fully saturated rings. The highest BCUT2D eigenvalue weighted by molar-refractivity contribution is 5.98. The summed E-state index contributed by atoms with van der Waals surface area (Å²) in [6, 6.07) is 22.8.